The van der Waals surface area contributed by atoms with E-state index in [0.717, 1.165) is 11.3 Å². The Morgan fingerprint density at radius 3 is 2.44 bits per heavy atom. The molecular weight excluding hydrogens is 206 g/mol. The third-order valence-electron chi connectivity index (χ3n) is 2.65. The fourth-order valence-electron chi connectivity index (χ4n) is 1.76. The van der Waals surface area contributed by atoms with Crippen LogP contribution in [0.5, 0.6) is 5.75 Å². The van der Waals surface area contributed by atoms with Gasteiger partial charge in [-0.15, -0.1) is 0 Å². The molecule has 2 N–H and O–H groups in total. The third-order valence-corrected chi connectivity index (χ3v) is 2.65. The fraction of sp³-hybridized carbons (Fsp3) is 0.273. The minimum absolute atomic E-state index is 0.206. The monoisotopic (exact) mass is 219 g/mol. The van der Waals surface area contributed by atoms with Gasteiger partial charge in [-0.25, -0.2) is 4.79 Å². The fourth-order valence-corrected chi connectivity index (χ4v) is 1.76. The number of hydrogen-bond donors (Lipinski definition) is 2. The molecule has 1 unspecified atom stereocenters. The van der Waals surface area contributed by atoms with Crippen molar-refractivity contribution in [3.8, 4) is 5.75 Å². The molecule has 0 bridgehead atoms. The van der Waals surface area contributed by atoms with Crippen LogP contribution in [0.25, 0.3) is 0 Å². The van der Waals surface area contributed by atoms with Crippen molar-refractivity contribution in [1.82, 2.24) is 10.2 Å². The zero-order valence-electron chi connectivity index (χ0n) is 9.15. The van der Waals surface area contributed by atoms with Gasteiger partial charge in [-0.3, -0.25) is 10.7 Å². The Kier molecular flexibility index (Phi) is 2.52. The number of amidine groups is 1. The topological polar surface area (TPSA) is 65.4 Å². The Bertz CT molecular complexity index is 427. The second kappa shape index (κ2) is 3.84. The summed E-state index contributed by atoms with van der Waals surface area (Å²) in [6.45, 7) is 0. The van der Waals surface area contributed by atoms with Gasteiger partial charge in [0.2, 0.25) is 0 Å². The van der Waals surface area contributed by atoms with Crippen LogP contribution in [0.1, 0.15) is 11.6 Å². The lowest BCUT2D eigenvalue weighted by molar-refractivity contribution is 0.217. The maximum Gasteiger partial charge on any atom is 0.323 e. The maximum atomic E-state index is 11.3. The predicted molar refractivity (Wildman–Crippen MR) is 59.8 cm³/mol. The largest absolute Gasteiger partial charge is 0.497 e. The van der Waals surface area contributed by atoms with Crippen molar-refractivity contribution in [1.29, 1.82) is 5.41 Å². The van der Waals surface area contributed by atoms with Gasteiger partial charge in [-0.2, -0.15) is 0 Å². The molecule has 5 nitrogen and oxygen atoms in total. The van der Waals surface area contributed by atoms with Crippen LogP contribution in [0.15, 0.2) is 24.3 Å². The average Bonchev–Trinajstić information content (AvgIpc) is 2.54. The molecule has 84 valence electrons. The first-order valence-electron chi connectivity index (χ1n) is 4.89. The second-order valence-electron chi connectivity index (χ2n) is 3.63. The summed E-state index contributed by atoms with van der Waals surface area (Å²) in [4.78, 5) is 12.8. The molecule has 0 saturated carbocycles. The van der Waals surface area contributed by atoms with Crippen molar-refractivity contribution in [2.24, 2.45) is 0 Å². The molecule has 2 rings (SSSR count). The summed E-state index contributed by atoms with van der Waals surface area (Å²) in [6, 6.07) is 6.78. The number of nitrogens with one attached hydrogen (secondary N) is 2. The number of rotatable bonds is 2. The van der Waals surface area contributed by atoms with Crippen molar-refractivity contribution in [3.05, 3.63) is 29.8 Å². The number of amides is 2. The first kappa shape index (κ1) is 10.5. The van der Waals surface area contributed by atoms with Crippen LogP contribution >= 0.6 is 0 Å². The van der Waals surface area contributed by atoms with Crippen LogP contribution in [0.2, 0.25) is 0 Å². The number of carbonyl (C=O) groups excluding carboxylic acids is 1. The van der Waals surface area contributed by atoms with Crippen molar-refractivity contribution in [2.75, 3.05) is 14.2 Å². The molecule has 0 aromatic heterocycles. The molecule has 0 spiro atoms. The third kappa shape index (κ3) is 1.60. The molecule has 0 radical (unpaired) electrons. The zero-order chi connectivity index (χ0) is 11.7. The molecule has 1 fully saturated rings. The normalized spacial score (nSPS) is 19.9. The van der Waals surface area contributed by atoms with Crippen LogP contribution in [0.4, 0.5) is 4.79 Å². The predicted octanol–water partition coefficient (Wildman–Crippen LogP) is 1.37. The van der Waals surface area contributed by atoms with E-state index in [4.69, 9.17) is 10.1 Å². The van der Waals surface area contributed by atoms with E-state index in [1.54, 1.807) is 14.2 Å². The van der Waals surface area contributed by atoms with Crippen LogP contribution in [-0.2, 0) is 0 Å². The molecule has 1 atom stereocenters. The summed E-state index contributed by atoms with van der Waals surface area (Å²) in [5.74, 6) is 0.966. The SMILES string of the molecule is COc1ccc(C2C(=N)NC(=O)N2C)cc1. The highest BCUT2D eigenvalue weighted by Gasteiger charge is 2.33. The molecular formula is C11H13N3O2. The lowest BCUT2D eigenvalue weighted by atomic mass is 10.1. The summed E-state index contributed by atoms with van der Waals surface area (Å²) in [5.41, 5.74) is 0.895. The molecule has 1 aromatic carbocycles. The highest BCUT2D eigenvalue weighted by molar-refractivity contribution is 6.05. The van der Waals surface area contributed by atoms with Crippen LogP contribution < -0.4 is 10.1 Å². The van der Waals surface area contributed by atoms with Gasteiger partial charge in [0.05, 0.1) is 7.11 Å². The van der Waals surface area contributed by atoms with Crippen molar-refractivity contribution < 1.29 is 9.53 Å². The lowest BCUT2D eigenvalue weighted by Crippen LogP contribution is -2.25. The Labute approximate surface area is 93.5 Å². The van der Waals surface area contributed by atoms with Gasteiger partial charge in [0.1, 0.15) is 17.6 Å². The number of likely N-dealkylation sites (N-methyl/N-ethyl adjacent to an activating group) is 1. The molecule has 1 aliphatic rings. The van der Waals surface area contributed by atoms with E-state index in [1.165, 1.54) is 4.90 Å². The van der Waals surface area contributed by atoms with Crippen molar-refractivity contribution in [2.45, 2.75) is 6.04 Å². The molecule has 1 saturated heterocycles. The quantitative estimate of drug-likeness (QED) is 0.788. The van der Waals surface area contributed by atoms with Gasteiger partial charge in [-0.05, 0) is 17.7 Å². The van der Waals surface area contributed by atoms with E-state index in [2.05, 4.69) is 5.32 Å². The number of benzene rings is 1. The first-order chi connectivity index (χ1) is 7.63. The number of methoxy groups -OCH3 is 1. The van der Waals surface area contributed by atoms with E-state index in [0.29, 0.717) is 0 Å². The molecule has 5 heteroatoms. The Balaban J connectivity index is 2.29. The number of hydrogen-bond acceptors (Lipinski definition) is 3. The smallest absolute Gasteiger partial charge is 0.323 e. The minimum atomic E-state index is -0.321. The molecule has 1 aliphatic heterocycles. The van der Waals surface area contributed by atoms with E-state index >= 15 is 0 Å². The molecule has 1 aromatic rings. The number of urea groups is 1. The lowest BCUT2D eigenvalue weighted by Gasteiger charge is -2.17. The van der Waals surface area contributed by atoms with E-state index in [9.17, 15) is 4.79 Å². The summed E-state index contributed by atoms with van der Waals surface area (Å²) in [6.07, 6.45) is 0. The van der Waals surface area contributed by atoms with Gasteiger partial charge in [0.25, 0.3) is 0 Å². The molecule has 0 aliphatic carbocycles. The summed E-state index contributed by atoms with van der Waals surface area (Å²) >= 11 is 0. The second-order valence-corrected chi connectivity index (χ2v) is 3.63. The Morgan fingerprint density at radius 2 is 2.00 bits per heavy atom. The number of nitrogens with zero attached hydrogens (tertiary/aromatic N) is 1. The molecule has 16 heavy (non-hydrogen) atoms. The van der Waals surface area contributed by atoms with Gasteiger partial charge < -0.3 is 9.64 Å². The van der Waals surface area contributed by atoms with Gasteiger partial charge >= 0.3 is 6.03 Å². The highest BCUT2D eigenvalue weighted by Crippen LogP contribution is 2.25. The summed E-state index contributed by atoms with van der Waals surface area (Å²) in [7, 11) is 3.27. The van der Waals surface area contributed by atoms with Gasteiger partial charge in [0, 0.05) is 7.05 Å². The van der Waals surface area contributed by atoms with E-state index in [1.807, 2.05) is 24.3 Å². The number of ether oxygens (including phenoxy) is 1. The summed E-state index contributed by atoms with van der Waals surface area (Å²) in [5, 5.41) is 10.2. The Morgan fingerprint density at radius 1 is 1.38 bits per heavy atom. The standard InChI is InChI=1S/C11H13N3O2/c1-14-9(10(12)13-11(14)15)7-3-5-8(16-2)6-4-7/h3-6,9H,1-2H3,(H2,12,13,15). The van der Waals surface area contributed by atoms with Gasteiger partial charge in [0.15, 0.2) is 0 Å². The van der Waals surface area contributed by atoms with E-state index in [-0.39, 0.29) is 17.9 Å². The highest BCUT2D eigenvalue weighted by atomic mass is 16.5. The summed E-state index contributed by atoms with van der Waals surface area (Å²) < 4.78 is 5.06. The molecule has 2 amide bonds. The van der Waals surface area contributed by atoms with E-state index < -0.39 is 0 Å². The number of carbonyl (C=O) groups is 1. The maximum absolute atomic E-state index is 11.3. The van der Waals surface area contributed by atoms with Crippen molar-refractivity contribution in [3.63, 3.8) is 0 Å². The van der Waals surface area contributed by atoms with Crippen LogP contribution in [0, 0.1) is 5.41 Å². The van der Waals surface area contributed by atoms with Crippen LogP contribution in [0.3, 0.4) is 0 Å². The zero-order valence-corrected chi connectivity index (χ0v) is 9.15. The minimum Gasteiger partial charge on any atom is -0.497 e. The first-order valence-corrected chi connectivity index (χ1v) is 4.89. The Hall–Kier alpha value is -2.04. The van der Waals surface area contributed by atoms with Gasteiger partial charge in [-0.1, -0.05) is 12.1 Å². The van der Waals surface area contributed by atoms with Crippen molar-refractivity contribution >= 4 is 11.9 Å². The molecule has 1 heterocycles. The van der Waals surface area contributed by atoms with Crippen LogP contribution in [-0.4, -0.2) is 30.9 Å². The average molecular weight is 219 g/mol.